The molecule has 5 atom stereocenters. The second kappa shape index (κ2) is 10.7. The van der Waals surface area contributed by atoms with Gasteiger partial charge in [-0.05, 0) is 18.6 Å². The molecule has 17 heteroatoms. The van der Waals surface area contributed by atoms with Crippen LogP contribution in [-0.2, 0) is 18.6 Å². The number of ether oxygens (including phenoxy) is 1. The highest BCUT2D eigenvalue weighted by Crippen LogP contribution is 2.48. The minimum atomic E-state index is -4.46. The number of nitrogen functional groups attached to an aromatic ring is 1. The highest BCUT2D eigenvalue weighted by molar-refractivity contribution is 7.52. The summed E-state index contributed by atoms with van der Waals surface area (Å²) >= 11 is 0. The number of imidazole rings is 1. The van der Waals surface area contributed by atoms with E-state index >= 15 is 8.78 Å². The third kappa shape index (κ3) is 5.39. The van der Waals surface area contributed by atoms with Crippen LogP contribution in [0, 0.1) is 0 Å². The quantitative estimate of drug-likeness (QED) is 0.215. The van der Waals surface area contributed by atoms with E-state index in [1.165, 1.54) is 26.1 Å². The van der Waals surface area contributed by atoms with E-state index in [-0.39, 0.29) is 35.1 Å². The van der Waals surface area contributed by atoms with Gasteiger partial charge in [-0.3, -0.25) is 13.9 Å². The monoisotopic (exact) mass is 557 g/mol. The van der Waals surface area contributed by atoms with Crippen molar-refractivity contribution in [3.05, 3.63) is 36.7 Å². The number of hydrogen-bond donors (Lipinski definition) is 5. The first-order valence-electron chi connectivity index (χ1n) is 11.4. The van der Waals surface area contributed by atoms with Crippen molar-refractivity contribution in [3.63, 3.8) is 0 Å². The molecule has 6 N–H and O–H groups in total. The van der Waals surface area contributed by atoms with E-state index in [1.807, 2.05) is 0 Å². The number of rotatable bonds is 11. The number of fused-ring (bicyclic) bond motifs is 1. The first kappa shape index (κ1) is 27.6. The average molecular weight is 557 g/mol. The van der Waals surface area contributed by atoms with Gasteiger partial charge in [-0.1, -0.05) is 25.1 Å². The molecule has 14 nitrogen and oxygen atoms in total. The largest absolute Gasteiger partial charge is 0.480 e. The van der Waals surface area contributed by atoms with E-state index in [0.717, 1.165) is 10.9 Å². The van der Waals surface area contributed by atoms with Crippen LogP contribution < -0.4 is 20.7 Å². The van der Waals surface area contributed by atoms with E-state index in [0.29, 0.717) is 0 Å². The zero-order valence-corrected chi connectivity index (χ0v) is 21.1. The number of anilines is 2. The number of halogens is 2. The van der Waals surface area contributed by atoms with Crippen molar-refractivity contribution >= 4 is 36.6 Å². The van der Waals surface area contributed by atoms with Crippen LogP contribution in [-0.4, -0.2) is 73.5 Å². The molecule has 0 spiro atoms. The van der Waals surface area contributed by atoms with Gasteiger partial charge in [-0.15, -0.1) is 0 Å². The number of nitrogens with one attached hydrogen (secondary N) is 2. The minimum Gasteiger partial charge on any atom is -0.480 e. The first-order valence-corrected chi connectivity index (χ1v) is 12.9. The zero-order chi connectivity index (χ0) is 27.7. The molecule has 1 saturated heterocycles. The normalized spacial score (nSPS) is 23.1. The van der Waals surface area contributed by atoms with Gasteiger partial charge in [0.2, 0.25) is 12.2 Å². The van der Waals surface area contributed by atoms with Crippen molar-refractivity contribution in [2.75, 3.05) is 24.7 Å². The van der Waals surface area contributed by atoms with Crippen molar-refractivity contribution in [3.8, 4) is 5.75 Å². The predicted molar refractivity (Wildman–Crippen MR) is 130 cm³/mol. The number of carbonyl (C=O) groups is 1. The average Bonchev–Trinajstić information content (AvgIpc) is 3.39. The molecule has 38 heavy (non-hydrogen) atoms. The Morgan fingerprint density at radius 3 is 2.68 bits per heavy atom. The van der Waals surface area contributed by atoms with Gasteiger partial charge in [0.15, 0.2) is 23.1 Å². The van der Waals surface area contributed by atoms with Gasteiger partial charge < -0.3 is 30.5 Å². The van der Waals surface area contributed by atoms with E-state index in [2.05, 4.69) is 25.4 Å². The van der Waals surface area contributed by atoms with Gasteiger partial charge in [0.1, 0.15) is 17.9 Å². The van der Waals surface area contributed by atoms with Gasteiger partial charge in [0.25, 0.3) is 0 Å². The Morgan fingerprint density at radius 2 is 2.05 bits per heavy atom. The lowest BCUT2D eigenvalue weighted by molar-refractivity contribution is -0.139. The second-order valence-corrected chi connectivity index (χ2v) is 9.97. The summed E-state index contributed by atoms with van der Waals surface area (Å²) in [5.41, 5.74) is 5.75. The van der Waals surface area contributed by atoms with Gasteiger partial charge in [0, 0.05) is 7.05 Å². The number of nitrogens with zero attached hydrogens (tertiary/aromatic N) is 4. The molecular weight excluding hydrogens is 531 g/mol. The summed E-state index contributed by atoms with van der Waals surface area (Å²) in [6.45, 7) is 0.685. The molecule has 1 aliphatic rings. The lowest BCUT2D eigenvalue weighted by Gasteiger charge is -2.24. The molecule has 0 aliphatic carbocycles. The minimum absolute atomic E-state index is 0.0107. The molecule has 0 radical (unpaired) electrons. The molecule has 1 unspecified atom stereocenters. The van der Waals surface area contributed by atoms with Crippen LogP contribution in [0.3, 0.4) is 0 Å². The molecule has 3 heterocycles. The fourth-order valence-electron chi connectivity index (χ4n) is 3.78. The Balaban J connectivity index is 1.58. The molecule has 4 rings (SSSR count). The van der Waals surface area contributed by atoms with E-state index in [1.54, 1.807) is 18.2 Å². The number of alkyl halides is 2. The molecule has 0 bridgehead atoms. The van der Waals surface area contributed by atoms with Crippen LogP contribution in [0.2, 0.25) is 0 Å². The summed E-state index contributed by atoms with van der Waals surface area (Å²) in [5.74, 6) is -5.14. The maximum Gasteiger partial charge on any atom is 0.459 e. The highest BCUT2D eigenvalue weighted by atomic mass is 31.2. The Bertz CT molecular complexity index is 1350. The van der Waals surface area contributed by atoms with Gasteiger partial charge in [-0.25, -0.2) is 9.55 Å². The molecule has 3 aromatic rings. The van der Waals surface area contributed by atoms with Crippen LogP contribution >= 0.6 is 7.75 Å². The summed E-state index contributed by atoms with van der Waals surface area (Å²) in [6.07, 6.45) is -5.14. The number of carboxylic acids is 1. The standard InChI is InChI=1S/C21H26F2N7O7P/c1-3-12(18(32)33)29-38(34,37-11-7-5-4-6-8-11)35-9-13-15(31)21(22,23)19(36-13)30-10-26-14-16(25-2)27-20(24)28-17(14)30/h4-8,10,12-13,15,19,31H,3,9H2,1-2H3,(H,29,34)(H,32,33)(H3,24,25,27,28)/t12-,13+,15+,19+,38?/m0/s1. The van der Waals surface area contributed by atoms with Crippen LogP contribution in [0.4, 0.5) is 20.5 Å². The number of carboxylic acid groups (broad SMARTS) is 1. The SMILES string of the molecule is CC[C@H](NP(=O)(OC[C@H]1O[C@@H](n2cnc3c(NC)nc(N)nc32)C(F)(F)[C@@H]1O)Oc1ccccc1)C(=O)O. The molecule has 0 amide bonds. The number of benzene rings is 1. The lowest BCUT2D eigenvalue weighted by Crippen LogP contribution is -2.40. The van der Waals surface area contributed by atoms with Gasteiger partial charge in [0.05, 0.1) is 12.9 Å². The Labute approximate surface area is 214 Å². The van der Waals surface area contributed by atoms with Crippen molar-refractivity contribution in [2.24, 2.45) is 0 Å². The zero-order valence-electron chi connectivity index (χ0n) is 20.2. The molecule has 2 aromatic heterocycles. The van der Waals surface area contributed by atoms with Gasteiger partial charge in [-0.2, -0.15) is 23.8 Å². The lowest BCUT2D eigenvalue weighted by atomic mass is 10.1. The summed E-state index contributed by atoms with van der Waals surface area (Å²) in [4.78, 5) is 23.5. The van der Waals surface area contributed by atoms with Crippen LogP contribution in [0.25, 0.3) is 11.2 Å². The fourth-order valence-corrected chi connectivity index (χ4v) is 5.38. The fraction of sp³-hybridized carbons (Fsp3) is 0.429. The van der Waals surface area contributed by atoms with E-state index in [4.69, 9.17) is 19.5 Å². The summed E-state index contributed by atoms with van der Waals surface area (Å²) < 4.78 is 61.0. The predicted octanol–water partition coefficient (Wildman–Crippen LogP) is 2.00. The second-order valence-electron chi connectivity index (χ2n) is 8.28. The molecule has 1 aromatic carbocycles. The van der Waals surface area contributed by atoms with Gasteiger partial charge >= 0.3 is 19.6 Å². The molecule has 206 valence electrons. The molecule has 1 fully saturated rings. The van der Waals surface area contributed by atoms with Crippen molar-refractivity contribution in [2.45, 2.75) is 43.7 Å². The van der Waals surface area contributed by atoms with Crippen LogP contribution in [0.15, 0.2) is 36.7 Å². The van der Waals surface area contributed by atoms with E-state index < -0.39 is 50.7 Å². The summed E-state index contributed by atoms with van der Waals surface area (Å²) in [6, 6.07) is 6.38. The Hall–Kier alpha value is -3.43. The van der Waals surface area contributed by atoms with Crippen molar-refractivity contribution in [1.82, 2.24) is 24.6 Å². The van der Waals surface area contributed by atoms with Crippen LogP contribution in [0.5, 0.6) is 5.75 Å². The number of aliphatic hydroxyl groups excluding tert-OH is 1. The molecule has 1 aliphatic heterocycles. The number of nitrogens with two attached hydrogens (primary N) is 1. The van der Waals surface area contributed by atoms with E-state index in [9.17, 15) is 19.6 Å². The smallest absolute Gasteiger partial charge is 0.459 e. The maximum absolute atomic E-state index is 15.2. The number of para-hydroxylation sites is 1. The number of aliphatic hydroxyl groups is 1. The molecular formula is C21H26F2N7O7P. The number of aromatic nitrogens is 4. The third-order valence-corrected chi connectivity index (χ3v) is 7.27. The summed E-state index contributed by atoms with van der Waals surface area (Å²) in [5, 5.41) is 24.8. The van der Waals surface area contributed by atoms with Crippen LogP contribution in [0.1, 0.15) is 19.6 Å². The van der Waals surface area contributed by atoms with Crippen molar-refractivity contribution < 1.29 is 42.1 Å². The Kier molecular flexibility index (Phi) is 7.80. The number of hydrogen-bond acceptors (Lipinski definition) is 11. The Morgan fingerprint density at radius 1 is 1.34 bits per heavy atom. The molecule has 0 saturated carbocycles. The highest BCUT2D eigenvalue weighted by Gasteiger charge is 2.60. The first-order chi connectivity index (χ1) is 18.0. The topological polar surface area (TPSA) is 196 Å². The third-order valence-electron chi connectivity index (χ3n) is 5.71. The summed E-state index contributed by atoms with van der Waals surface area (Å²) in [7, 11) is -2.92. The number of aliphatic carboxylic acids is 1. The maximum atomic E-state index is 15.2. The van der Waals surface area contributed by atoms with Crippen molar-refractivity contribution in [1.29, 1.82) is 0 Å².